The van der Waals surface area contributed by atoms with Crippen molar-refractivity contribution < 1.29 is 18.7 Å². The third-order valence-electron chi connectivity index (χ3n) is 4.36. The van der Waals surface area contributed by atoms with E-state index in [1.807, 2.05) is 24.3 Å². The highest BCUT2D eigenvalue weighted by atomic mass is 79.9. The van der Waals surface area contributed by atoms with Gasteiger partial charge in [0.2, 0.25) is 5.91 Å². The summed E-state index contributed by atoms with van der Waals surface area (Å²) in [5, 5.41) is 2.75. The maximum absolute atomic E-state index is 12.4. The summed E-state index contributed by atoms with van der Waals surface area (Å²) in [6.45, 7) is 0.204. The highest BCUT2D eigenvalue weighted by Gasteiger charge is 2.41. The molecule has 2 amide bonds. The van der Waals surface area contributed by atoms with Crippen LogP contribution in [0.4, 0.5) is 0 Å². The van der Waals surface area contributed by atoms with Gasteiger partial charge in [-0.3, -0.25) is 9.59 Å². The van der Waals surface area contributed by atoms with E-state index < -0.39 is 17.4 Å². The third kappa shape index (κ3) is 4.04. The number of halogens is 1. The van der Waals surface area contributed by atoms with Gasteiger partial charge in [-0.25, -0.2) is 0 Å². The lowest BCUT2D eigenvalue weighted by Crippen LogP contribution is -2.55. The van der Waals surface area contributed by atoms with Crippen molar-refractivity contribution in [3.63, 3.8) is 0 Å². The number of benzene rings is 1. The lowest BCUT2D eigenvalue weighted by Gasteiger charge is -2.25. The number of hydrogen-bond acceptors (Lipinski definition) is 4. The van der Waals surface area contributed by atoms with E-state index in [0.29, 0.717) is 24.4 Å². The molecule has 25 heavy (non-hydrogen) atoms. The molecule has 132 valence electrons. The first-order valence-electron chi connectivity index (χ1n) is 8.08. The van der Waals surface area contributed by atoms with Crippen LogP contribution in [-0.4, -0.2) is 17.4 Å². The van der Waals surface area contributed by atoms with Gasteiger partial charge in [-0.05, 0) is 49.2 Å². The summed E-state index contributed by atoms with van der Waals surface area (Å²) in [6.07, 6.45) is 2.87. The first-order chi connectivity index (χ1) is 12.0. The molecule has 1 aromatic heterocycles. The normalized spacial score (nSPS) is 15.7. The minimum absolute atomic E-state index is 0.141. The Morgan fingerprint density at radius 3 is 2.48 bits per heavy atom. The van der Waals surface area contributed by atoms with Gasteiger partial charge in [0.25, 0.3) is 5.91 Å². The van der Waals surface area contributed by atoms with E-state index in [9.17, 15) is 9.59 Å². The van der Waals surface area contributed by atoms with Crippen molar-refractivity contribution in [3.05, 3.63) is 52.4 Å². The molecule has 1 aliphatic rings. The van der Waals surface area contributed by atoms with Gasteiger partial charge in [-0.15, -0.1) is 0 Å². The van der Waals surface area contributed by atoms with Gasteiger partial charge in [0.05, 0.1) is 0 Å². The van der Waals surface area contributed by atoms with Gasteiger partial charge >= 0.3 is 0 Å². The maximum Gasteiger partial charge on any atom is 0.287 e. The molecule has 1 aromatic carbocycles. The predicted octanol–water partition coefficient (Wildman–Crippen LogP) is 3.15. The van der Waals surface area contributed by atoms with Crippen molar-refractivity contribution in [2.24, 2.45) is 5.73 Å². The number of carbonyl (C=O) groups excluding carboxylic acids is 2. The smallest absolute Gasteiger partial charge is 0.287 e. The molecule has 3 N–H and O–H groups in total. The fourth-order valence-corrected chi connectivity index (χ4v) is 3.22. The van der Waals surface area contributed by atoms with Gasteiger partial charge in [0.1, 0.15) is 23.7 Å². The monoisotopic (exact) mass is 406 g/mol. The van der Waals surface area contributed by atoms with Crippen LogP contribution in [0.5, 0.6) is 5.75 Å². The van der Waals surface area contributed by atoms with E-state index in [4.69, 9.17) is 14.9 Å². The minimum Gasteiger partial charge on any atom is -0.486 e. The zero-order chi connectivity index (χ0) is 17.9. The standard InChI is InChI=1S/C18H19BrN2O4/c19-12-3-5-13(6-4-12)24-11-14-7-8-15(25-14)16(22)21-18(17(20)23)9-1-2-10-18/h3-8H,1-2,9-11H2,(H2,20,23)(H,21,22). The van der Waals surface area contributed by atoms with E-state index in [-0.39, 0.29) is 12.4 Å². The molecule has 0 atom stereocenters. The summed E-state index contributed by atoms with van der Waals surface area (Å²) in [5.41, 5.74) is 4.52. The second-order valence-electron chi connectivity index (χ2n) is 6.12. The molecule has 0 unspecified atom stereocenters. The average molecular weight is 407 g/mol. The molecule has 1 fully saturated rings. The number of carbonyl (C=O) groups is 2. The molecule has 6 nitrogen and oxygen atoms in total. The Bertz CT molecular complexity index is 764. The first kappa shape index (κ1) is 17.5. The number of hydrogen-bond donors (Lipinski definition) is 2. The SMILES string of the molecule is NC(=O)C1(NC(=O)c2ccc(COc3ccc(Br)cc3)o2)CCCC1. The molecule has 0 aliphatic heterocycles. The van der Waals surface area contributed by atoms with Crippen LogP contribution < -0.4 is 15.8 Å². The molecule has 1 saturated carbocycles. The fraction of sp³-hybridized carbons (Fsp3) is 0.333. The van der Waals surface area contributed by atoms with Gasteiger partial charge in [-0.1, -0.05) is 28.8 Å². The number of rotatable bonds is 6. The average Bonchev–Trinajstić information content (AvgIpc) is 3.24. The van der Waals surface area contributed by atoms with Crippen molar-refractivity contribution in [1.29, 1.82) is 0 Å². The third-order valence-corrected chi connectivity index (χ3v) is 4.89. The molecular formula is C18H19BrN2O4. The lowest BCUT2D eigenvalue weighted by atomic mass is 9.96. The Hall–Kier alpha value is -2.28. The van der Waals surface area contributed by atoms with E-state index >= 15 is 0 Å². The number of nitrogens with one attached hydrogen (secondary N) is 1. The quantitative estimate of drug-likeness (QED) is 0.769. The number of ether oxygens (including phenoxy) is 1. The van der Waals surface area contributed by atoms with Crippen molar-refractivity contribution >= 4 is 27.7 Å². The van der Waals surface area contributed by atoms with Crippen molar-refractivity contribution in [2.75, 3.05) is 0 Å². The summed E-state index contributed by atoms with van der Waals surface area (Å²) in [5.74, 6) is 0.429. The van der Waals surface area contributed by atoms with E-state index in [2.05, 4.69) is 21.2 Å². The number of primary amides is 1. The van der Waals surface area contributed by atoms with Crippen LogP contribution in [0.2, 0.25) is 0 Å². The highest BCUT2D eigenvalue weighted by Crippen LogP contribution is 2.30. The Kier molecular flexibility index (Phi) is 5.13. The zero-order valence-electron chi connectivity index (χ0n) is 13.6. The van der Waals surface area contributed by atoms with Crippen LogP contribution in [-0.2, 0) is 11.4 Å². The summed E-state index contributed by atoms with van der Waals surface area (Å²) >= 11 is 3.36. The Balaban J connectivity index is 1.61. The maximum atomic E-state index is 12.4. The molecule has 2 aromatic rings. The Morgan fingerprint density at radius 1 is 1.16 bits per heavy atom. The second-order valence-corrected chi connectivity index (χ2v) is 7.03. The Labute approximate surface area is 153 Å². The van der Waals surface area contributed by atoms with E-state index in [0.717, 1.165) is 17.3 Å². The molecule has 1 aliphatic carbocycles. The van der Waals surface area contributed by atoms with Crippen LogP contribution in [0, 0.1) is 0 Å². The zero-order valence-corrected chi connectivity index (χ0v) is 15.2. The molecule has 0 radical (unpaired) electrons. The van der Waals surface area contributed by atoms with Gasteiger partial charge in [0, 0.05) is 4.47 Å². The predicted molar refractivity (Wildman–Crippen MR) is 95.0 cm³/mol. The topological polar surface area (TPSA) is 94.6 Å². The molecule has 0 spiro atoms. The van der Waals surface area contributed by atoms with E-state index in [1.54, 1.807) is 12.1 Å². The first-order valence-corrected chi connectivity index (χ1v) is 8.87. The molecule has 0 saturated heterocycles. The highest BCUT2D eigenvalue weighted by molar-refractivity contribution is 9.10. The van der Waals surface area contributed by atoms with Crippen LogP contribution in [0.3, 0.4) is 0 Å². The number of amides is 2. The van der Waals surface area contributed by atoms with Crippen LogP contribution in [0.1, 0.15) is 42.0 Å². The van der Waals surface area contributed by atoms with E-state index in [1.165, 1.54) is 0 Å². The lowest BCUT2D eigenvalue weighted by molar-refractivity contribution is -0.123. The van der Waals surface area contributed by atoms with Crippen molar-refractivity contribution in [3.8, 4) is 5.75 Å². The number of nitrogens with two attached hydrogens (primary N) is 1. The molecule has 0 bridgehead atoms. The van der Waals surface area contributed by atoms with Gasteiger partial charge in [0.15, 0.2) is 5.76 Å². The summed E-state index contributed by atoms with van der Waals surface area (Å²) in [4.78, 5) is 24.1. The summed E-state index contributed by atoms with van der Waals surface area (Å²) in [6, 6.07) is 10.7. The van der Waals surface area contributed by atoms with Crippen LogP contribution in [0.15, 0.2) is 45.3 Å². The molecule has 3 rings (SSSR count). The Morgan fingerprint density at radius 2 is 1.84 bits per heavy atom. The van der Waals surface area contributed by atoms with Crippen molar-refractivity contribution in [2.45, 2.75) is 37.8 Å². The number of furan rings is 1. The second kappa shape index (κ2) is 7.31. The minimum atomic E-state index is -0.960. The van der Waals surface area contributed by atoms with Gasteiger partial charge in [-0.2, -0.15) is 0 Å². The fourth-order valence-electron chi connectivity index (χ4n) is 2.95. The van der Waals surface area contributed by atoms with Gasteiger partial charge < -0.3 is 20.2 Å². The molecule has 1 heterocycles. The van der Waals surface area contributed by atoms with Crippen LogP contribution in [0.25, 0.3) is 0 Å². The summed E-state index contributed by atoms with van der Waals surface area (Å²) < 4.78 is 12.1. The molecule has 7 heteroatoms. The largest absolute Gasteiger partial charge is 0.486 e. The molecular weight excluding hydrogens is 388 g/mol. The summed E-state index contributed by atoms with van der Waals surface area (Å²) in [7, 11) is 0. The van der Waals surface area contributed by atoms with Crippen LogP contribution >= 0.6 is 15.9 Å². The van der Waals surface area contributed by atoms with Crippen molar-refractivity contribution in [1.82, 2.24) is 5.32 Å².